The van der Waals surface area contributed by atoms with Crippen molar-refractivity contribution in [1.82, 2.24) is 15.5 Å². The standard InChI is InChI=1S/C18H28N4O2.2ClH/c1-13-10-22(12-15-6-4-3-5-7-15)11-14(2)18(13)21-17(24)9-20-16(23)8-19;;/h3-7,13-14,18H,8-12,19H2,1-2H3,(H,20,23)(H,21,24);2*1H. The van der Waals surface area contributed by atoms with E-state index in [0.29, 0.717) is 11.8 Å². The molecule has 2 rings (SSSR count). The van der Waals surface area contributed by atoms with E-state index in [1.165, 1.54) is 5.56 Å². The van der Waals surface area contributed by atoms with Crippen LogP contribution in [0.2, 0.25) is 0 Å². The summed E-state index contributed by atoms with van der Waals surface area (Å²) >= 11 is 0. The van der Waals surface area contributed by atoms with Gasteiger partial charge in [-0.25, -0.2) is 0 Å². The van der Waals surface area contributed by atoms with Crippen molar-refractivity contribution in [1.29, 1.82) is 0 Å². The number of carbonyl (C=O) groups excluding carboxylic acids is 2. The van der Waals surface area contributed by atoms with Crippen LogP contribution in [-0.2, 0) is 16.1 Å². The van der Waals surface area contributed by atoms with Gasteiger partial charge in [-0.2, -0.15) is 0 Å². The lowest BCUT2D eigenvalue weighted by molar-refractivity contribution is -0.126. The molecule has 1 aliphatic heterocycles. The van der Waals surface area contributed by atoms with E-state index < -0.39 is 0 Å². The maximum Gasteiger partial charge on any atom is 0.239 e. The van der Waals surface area contributed by atoms with E-state index in [-0.39, 0.29) is 55.8 Å². The molecule has 1 aromatic rings. The molecule has 0 spiro atoms. The van der Waals surface area contributed by atoms with E-state index in [1.807, 2.05) is 6.07 Å². The fourth-order valence-electron chi connectivity index (χ4n) is 3.42. The van der Waals surface area contributed by atoms with Crippen molar-refractivity contribution in [3.8, 4) is 0 Å². The number of rotatable bonds is 6. The van der Waals surface area contributed by atoms with Crippen LogP contribution in [0, 0.1) is 11.8 Å². The van der Waals surface area contributed by atoms with Crippen molar-refractivity contribution in [2.75, 3.05) is 26.2 Å². The second-order valence-electron chi connectivity index (χ2n) is 6.71. The van der Waals surface area contributed by atoms with Gasteiger partial charge in [-0.05, 0) is 17.4 Å². The summed E-state index contributed by atoms with van der Waals surface area (Å²) in [5.41, 5.74) is 6.53. The maximum atomic E-state index is 12.0. The molecule has 6 nitrogen and oxygen atoms in total. The largest absolute Gasteiger partial charge is 0.351 e. The van der Waals surface area contributed by atoms with Crippen LogP contribution >= 0.6 is 24.8 Å². The zero-order chi connectivity index (χ0) is 17.5. The highest BCUT2D eigenvalue weighted by molar-refractivity contribution is 5.86. The minimum Gasteiger partial charge on any atom is -0.351 e. The van der Waals surface area contributed by atoms with Crippen molar-refractivity contribution in [3.63, 3.8) is 0 Å². The highest BCUT2D eigenvalue weighted by atomic mass is 35.5. The lowest BCUT2D eigenvalue weighted by Gasteiger charge is -2.41. The van der Waals surface area contributed by atoms with Gasteiger partial charge >= 0.3 is 0 Å². The lowest BCUT2D eigenvalue weighted by Crippen LogP contribution is -2.56. The third-order valence-corrected chi connectivity index (χ3v) is 4.53. The Morgan fingerprint density at radius 1 is 1.08 bits per heavy atom. The Bertz CT molecular complexity index is 547. The van der Waals surface area contributed by atoms with Gasteiger partial charge in [-0.15, -0.1) is 24.8 Å². The highest BCUT2D eigenvalue weighted by Gasteiger charge is 2.32. The van der Waals surface area contributed by atoms with Crippen LogP contribution in [0.15, 0.2) is 30.3 Å². The molecule has 0 aliphatic carbocycles. The molecule has 8 heteroatoms. The van der Waals surface area contributed by atoms with E-state index in [4.69, 9.17) is 5.73 Å². The van der Waals surface area contributed by atoms with Gasteiger partial charge in [0.05, 0.1) is 13.1 Å². The molecule has 26 heavy (non-hydrogen) atoms. The summed E-state index contributed by atoms with van der Waals surface area (Å²) in [6.07, 6.45) is 0. The zero-order valence-electron chi connectivity index (χ0n) is 15.3. The number of benzene rings is 1. The Kier molecular flexibility index (Phi) is 11.5. The SMILES string of the molecule is CC1CN(Cc2ccccc2)CC(C)C1NC(=O)CNC(=O)CN.Cl.Cl. The number of halogens is 2. The van der Waals surface area contributed by atoms with Gasteiger partial charge in [0.1, 0.15) is 0 Å². The van der Waals surface area contributed by atoms with Crippen LogP contribution in [0.4, 0.5) is 0 Å². The summed E-state index contributed by atoms with van der Waals surface area (Å²) in [5, 5.41) is 5.57. The molecule has 0 bridgehead atoms. The van der Waals surface area contributed by atoms with Gasteiger partial charge in [0.15, 0.2) is 0 Å². The van der Waals surface area contributed by atoms with Gasteiger partial charge in [0, 0.05) is 25.7 Å². The van der Waals surface area contributed by atoms with Crippen LogP contribution in [0.5, 0.6) is 0 Å². The van der Waals surface area contributed by atoms with E-state index in [0.717, 1.165) is 19.6 Å². The van der Waals surface area contributed by atoms with Gasteiger partial charge in [-0.1, -0.05) is 44.2 Å². The minimum atomic E-state index is -0.316. The molecule has 0 radical (unpaired) electrons. The van der Waals surface area contributed by atoms with Crippen molar-refractivity contribution in [2.24, 2.45) is 17.6 Å². The Hall–Kier alpha value is -1.34. The number of amides is 2. The second kappa shape index (κ2) is 12.1. The molecule has 0 aromatic heterocycles. The van der Waals surface area contributed by atoms with E-state index in [1.54, 1.807) is 0 Å². The van der Waals surface area contributed by atoms with Gasteiger partial charge in [0.2, 0.25) is 11.8 Å². The minimum absolute atomic E-state index is 0. The first-order valence-electron chi connectivity index (χ1n) is 8.52. The van der Waals surface area contributed by atoms with Crippen LogP contribution < -0.4 is 16.4 Å². The van der Waals surface area contributed by atoms with E-state index >= 15 is 0 Å². The van der Waals surface area contributed by atoms with Crippen molar-refractivity contribution < 1.29 is 9.59 Å². The predicted octanol–water partition coefficient (Wildman–Crippen LogP) is 1.18. The summed E-state index contributed by atoms with van der Waals surface area (Å²) < 4.78 is 0. The fraction of sp³-hybridized carbons (Fsp3) is 0.556. The van der Waals surface area contributed by atoms with Gasteiger partial charge in [-0.3, -0.25) is 14.5 Å². The second-order valence-corrected chi connectivity index (χ2v) is 6.71. The monoisotopic (exact) mass is 404 g/mol. The van der Waals surface area contributed by atoms with E-state index in [2.05, 4.69) is 53.6 Å². The molecule has 2 unspecified atom stereocenters. The number of nitrogens with two attached hydrogens (primary N) is 1. The number of hydrogen-bond donors (Lipinski definition) is 3. The molecule has 2 atom stereocenters. The number of likely N-dealkylation sites (tertiary alicyclic amines) is 1. The molecule has 2 amide bonds. The summed E-state index contributed by atoms with van der Waals surface area (Å²) in [4.78, 5) is 25.6. The van der Waals surface area contributed by atoms with Crippen LogP contribution in [-0.4, -0.2) is 48.9 Å². The first-order chi connectivity index (χ1) is 11.5. The molecule has 0 saturated carbocycles. The average Bonchev–Trinajstić information content (AvgIpc) is 2.57. The molecule has 1 aromatic carbocycles. The third-order valence-electron chi connectivity index (χ3n) is 4.53. The predicted molar refractivity (Wildman–Crippen MR) is 109 cm³/mol. The van der Waals surface area contributed by atoms with Crippen molar-refractivity contribution in [3.05, 3.63) is 35.9 Å². The van der Waals surface area contributed by atoms with Crippen LogP contribution in [0.1, 0.15) is 19.4 Å². The Morgan fingerprint density at radius 2 is 1.65 bits per heavy atom. The smallest absolute Gasteiger partial charge is 0.239 e. The molecule has 148 valence electrons. The zero-order valence-corrected chi connectivity index (χ0v) is 16.9. The number of nitrogens with one attached hydrogen (secondary N) is 2. The normalized spacial score (nSPS) is 22.5. The molecular weight excluding hydrogens is 375 g/mol. The molecule has 1 heterocycles. The summed E-state index contributed by atoms with van der Waals surface area (Å²) in [6.45, 7) is 7.03. The van der Waals surface area contributed by atoms with Crippen LogP contribution in [0.25, 0.3) is 0 Å². The fourth-order valence-corrected chi connectivity index (χ4v) is 3.42. The Morgan fingerprint density at radius 3 is 2.19 bits per heavy atom. The molecule has 4 N–H and O–H groups in total. The molecule has 1 fully saturated rings. The summed E-state index contributed by atoms with van der Waals surface area (Å²) in [5.74, 6) is 0.235. The van der Waals surface area contributed by atoms with Gasteiger partial charge in [0.25, 0.3) is 0 Å². The van der Waals surface area contributed by atoms with Crippen molar-refractivity contribution in [2.45, 2.75) is 26.4 Å². The first-order valence-corrected chi connectivity index (χ1v) is 8.52. The lowest BCUT2D eigenvalue weighted by atomic mass is 9.85. The van der Waals surface area contributed by atoms with Crippen LogP contribution in [0.3, 0.4) is 0 Å². The van der Waals surface area contributed by atoms with Crippen molar-refractivity contribution >= 4 is 36.6 Å². The van der Waals surface area contributed by atoms with Gasteiger partial charge < -0.3 is 16.4 Å². The number of piperidine rings is 1. The third kappa shape index (κ3) is 7.50. The van der Waals surface area contributed by atoms with E-state index in [9.17, 15) is 9.59 Å². The maximum absolute atomic E-state index is 12.0. The number of nitrogens with zero attached hydrogens (tertiary/aromatic N) is 1. The first kappa shape index (κ1) is 24.7. The molecular formula is C18H30Cl2N4O2. The topological polar surface area (TPSA) is 87.5 Å². The number of hydrogen-bond acceptors (Lipinski definition) is 4. The Labute approximate surface area is 168 Å². The molecule has 1 aliphatic rings. The average molecular weight is 405 g/mol. The summed E-state index contributed by atoms with van der Waals surface area (Å²) in [7, 11) is 0. The summed E-state index contributed by atoms with van der Waals surface area (Å²) in [6, 6.07) is 10.6. The number of carbonyl (C=O) groups is 2. The Balaban J connectivity index is 0.00000312. The molecule has 1 saturated heterocycles. The quantitative estimate of drug-likeness (QED) is 0.663. The highest BCUT2D eigenvalue weighted by Crippen LogP contribution is 2.23.